The van der Waals surface area contributed by atoms with E-state index in [-0.39, 0.29) is 18.2 Å². The third-order valence-corrected chi connectivity index (χ3v) is 13.2. The van der Waals surface area contributed by atoms with E-state index in [4.69, 9.17) is 29.1 Å². The second-order valence-corrected chi connectivity index (χ2v) is 19.4. The molecule has 11 nitrogen and oxygen atoms in total. The molecule has 3 aromatic rings. The number of anilines is 1. The van der Waals surface area contributed by atoms with Gasteiger partial charge in [-0.3, -0.25) is 0 Å². The van der Waals surface area contributed by atoms with Crippen LogP contribution in [0.5, 0.6) is 5.75 Å². The summed E-state index contributed by atoms with van der Waals surface area (Å²) in [5, 5.41) is 5.55. The highest BCUT2D eigenvalue weighted by Gasteiger charge is 2.39. The lowest BCUT2D eigenvalue weighted by molar-refractivity contribution is -0.226. The number of fused-ring (bicyclic) bond motifs is 1. The lowest BCUT2D eigenvalue weighted by Gasteiger charge is -2.36. The van der Waals surface area contributed by atoms with Crippen molar-refractivity contribution in [3.63, 3.8) is 0 Å². The molecule has 0 saturated carbocycles. The molecule has 2 N–H and O–H groups in total. The molecule has 3 heterocycles. The van der Waals surface area contributed by atoms with Crippen molar-refractivity contribution in [1.29, 1.82) is 0 Å². The Morgan fingerprint density at radius 2 is 1.74 bits per heavy atom. The molecule has 2 aromatic carbocycles. The van der Waals surface area contributed by atoms with Gasteiger partial charge in [-0.2, -0.15) is 5.10 Å². The lowest BCUT2D eigenvalue weighted by Crippen LogP contribution is -2.51. The predicted octanol–water partition coefficient (Wildman–Crippen LogP) is 6.87. The van der Waals surface area contributed by atoms with Crippen molar-refractivity contribution in [2.75, 3.05) is 25.4 Å². The van der Waals surface area contributed by atoms with Crippen LogP contribution >= 0.6 is 0 Å². The number of nitrogen functional groups attached to an aromatic ring is 1. The summed E-state index contributed by atoms with van der Waals surface area (Å²) in [6, 6.07) is 12.1. The first-order valence-electron chi connectivity index (χ1n) is 16.0. The van der Waals surface area contributed by atoms with Gasteiger partial charge in [0.1, 0.15) is 11.4 Å². The molecule has 3 atom stereocenters. The normalized spacial score (nSPS) is 21.2. The van der Waals surface area contributed by atoms with Crippen LogP contribution in [0.4, 0.5) is 10.5 Å². The SMILES string of the molecule is CC(C)(C)OC(=O)N1CCO[C@@H](C(=O)OC2CCCC(n3ncc4c(N)cc(-c5ccc(O[Si](C)(C)C(C)(C)C)cc5)cc43)O2)C1. The van der Waals surface area contributed by atoms with Crippen molar-refractivity contribution in [2.24, 2.45) is 0 Å². The van der Waals surface area contributed by atoms with Crippen molar-refractivity contribution < 1.29 is 33.0 Å². The number of benzene rings is 2. The Balaban J connectivity index is 1.27. The lowest BCUT2D eigenvalue weighted by atomic mass is 10.0. The van der Waals surface area contributed by atoms with Crippen molar-refractivity contribution in [3.05, 3.63) is 42.6 Å². The van der Waals surface area contributed by atoms with Crippen LogP contribution in [0.3, 0.4) is 0 Å². The van der Waals surface area contributed by atoms with E-state index in [9.17, 15) is 9.59 Å². The fourth-order valence-corrected chi connectivity index (χ4v) is 6.29. The summed E-state index contributed by atoms with van der Waals surface area (Å²) >= 11 is 0. The first kappa shape index (κ1) is 33.7. The van der Waals surface area contributed by atoms with E-state index < -0.39 is 44.6 Å². The average molecular weight is 653 g/mol. The topological polar surface area (TPSA) is 127 Å². The maximum absolute atomic E-state index is 13.1. The van der Waals surface area contributed by atoms with Crippen LogP contribution in [0.2, 0.25) is 18.1 Å². The van der Waals surface area contributed by atoms with Gasteiger partial charge in [0.15, 0.2) is 12.3 Å². The number of rotatable bonds is 6. The van der Waals surface area contributed by atoms with Crippen molar-refractivity contribution in [2.45, 2.75) is 103 Å². The number of ether oxygens (including phenoxy) is 4. The molecule has 2 aliphatic heterocycles. The maximum Gasteiger partial charge on any atom is 0.410 e. The summed E-state index contributed by atoms with van der Waals surface area (Å²) in [5.74, 6) is 0.290. The highest BCUT2D eigenvalue weighted by Crippen LogP contribution is 2.39. The smallest absolute Gasteiger partial charge is 0.410 e. The van der Waals surface area contributed by atoms with Gasteiger partial charge < -0.3 is 34.0 Å². The number of esters is 1. The predicted molar refractivity (Wildman–Crippen MR) is 179 cm³/mol. The number of hydrogen-bond acceptors (Lipinski definition) is 9. The van der Waals surface area contributed by atoms with Gasteiger partial charge >= 0.3 is 12.1 Å². The summed E-state index contributed by atoms with van der Waals surface area (Å²) in [6.45, 7) is 17.2. The van der Waals surface area contributed by atoms with Crippen LogP contribution in [0, 0.1) is 0 Å². The summed E-state index contributed by atoms with van der Waals surface area (Å²) in [4.78, 5) is 27.1. The first-order chi connectivity index (χ1) is 21.5. The summed E-state index contributed by atoms with van der Waals surface area (Å²) < 4.78 is 31.4. The zero-order valence-corrected chi connectivity index (χ0v) is 29.3. The van der Waals surface area contributed by atoms with Crippen LogP contribution < -0.4 is 10.2 Å². The van der Waals surface area contributed by atoms with Gasteiger partial charge in [0, 0.05) is 24.0 Å². The first-order valence-corrected chi connectivity index (χ1v) is 18.9. The van der Waals surface area contributed by atoms with E-state index in [1.807, 2.05) is 35.0 Å². The van der Waals surface area contributed by atoms with Gasteiger partial charge in [-0.1, -0.05) is 32.9 Å². The van der Waals surface area contributed by atoms with Gasteiger partial charge in [-0.25, -0.2) is 14.3 Å². The van der Waals surface area contributed by atoms with E-state index in [1.54, 1.807) is 27.0 Å². The number of aromatic nitrogens is 2. The number of carbonyl (C=O) groups is 2. The van der Waals surface area contributed by atoms with Crippen molar-refractivity contribution in [3.8, 4) is 16.9 Å². The van der Waals surface area contributed by atoms with Crippen LogP contribution in [0.15, 0.2) is 42.6 Å². The Labute approximate surface area is 272 Å². The Morgan fingerprint density at radius 1 is 1.02 bits per heavy atom. The van der Waals surface area contributed by atoms with Crippen LogP contribution in [0.1, 0.15) is 67.0 Å². The zero-order valence-electron chi connectivity index (χ0n) is 28.3. The molecule has 2 fully saturated rings. The molecular weight excluding hydrogens is 604 g/mol. The molecule has 0 aliphatic carbocycles. The second-order valence-electron chi connectivity index (χ2n) is 14.6. The van der Waals surface area contributed by atoms with Crippen molar-refractivity contribution in [1.82, 2.24) is 14.7 Å². The van der Waals surface area contributed by atoms with Crippen LogP contribution in [-0.4, -0.2) is 72.8 Å². The molecule has 2 unspecified atom stereocenters. The van der Waals surface area contributed by atoms with Gasteiger partial charge in [0.25, 0.3) is 0 Å². The number of hydrogen-bond donors (Lipinski definition) is 1. The summed E-state index contributed by atoms with van der Waals surface area (Å²) in [5.41, 5.74) is 9.28. The molecule has 250 valence electrons. The molecule has 0 bridgehead atoms. The van der Waals surface area contributed by atoms with Gasteiger partial charge in [0.2, 0.25) is 14.6 Å². The molecule has 1 aromatic heterocycles. The monoisotopic (exact) mass is 652 g/mol. The zero-order chi connectivity index (χ0) is 33.4. The molecular formula is C34H48N4O7Si. The Hall–Kier alpha value is -3.61. The number of amides is 1. The molecule has 1 amide bonds. The van der Waals surface area contributed by atoms with Crippen molar-refractivity contribution >= 4 is 37.0 Å². The number of nitrogens with zero attached hydrogens (tertiary/aromatic N) is 3. The molecule has 12 heteroatoms. The largest absolute Gasteiger partial charge is 0.544 e. The molecule has 5 rings (SSSR count). The van der Waals surface area contributed by atoms with Gasteiger partial charge in [-0.05, 0) is 87.1 Å². The number of carbonyl (C=O) groups excluding carboxylic acids is 2. The number of nitrogens with two attached hydrogens (primary N) is 1. The standard InChI is InChI=1S/C34H48N4O7Si/c1-33(2,3)44-32(40)37-16-17-41-28(21-37)31(39)43-30-11-9-10-29(42-30)38-27-19-23(18-26(35)25(27)20-36-38)22-12-14-24(15-13-22)45-46(7,8)34(4,5)6/h12-15,18-20,28-30H,9-11,16-17,21,35H2,1-8H3/t28-,29?,30?/m1/s1. The Kier molecular flexibility index (Phi) is 9.45. The molecule has 0 spiro atoms. The van der Waals surface area contributed by atoms with E-state index in [0.717, 1.165) is 34.2 Å². The third-order valence-electron chi connectivity index (χ3n) is 8.82. The minimum absolute atomic E-state index is 0.0547. The molecule has 46 heavy (non-hydrogen) atoms. The van der Waals surface area contributed by atoms with E-state index in [2.05, 4.69) is 45.0 Å². The van der Waals surface area contributed by atoms with Crippen LogP contribution in [0.25, 0.3) is 22.0 Å². The fourth-order valence-electron chi connectivity index (χ4n) is 5.26. The molecule has 2 aliphatic rings. The second kappa shape index (κ2) is 12.9. The maximum atomic E-state index is 13.1. The fraction of sp³-hybridized carbons (Fsp3) is 0.559. The summed E-state index contributed by atoms with van der Waals surface area (Å²) in [6.07, 6.45) is 1.11. The minimum Gasteiger partial charge on any atom is -0.544 e. The van der Waals surface area contributed by atoms with Crippen LogP contribution in [-0.2, 0) is 23.7 Å². The summed E-state index contributed by atoms with van der Waals surface area (Å²) in [7, 11) is -1.95. The minimum atomic E-state index is -1.95. The Bertz CT molecular complexity index is 1560. The quantitative estimate of drug-likeness (QED) is 0.172. The van der Waals surface area contributed by atoms with E-state index in [1.165, 1.54) is 4.90 Å². The molecule has 0 radical (unpaired) electrons. The van der Waals surface area contributed by atoms with E-state index in [0.29, 0.717) is 25.1 Å². The van der Waals surface area contributed by atoms with Gasteiger partial charge in [0.05, 0.1) is 24.9 Å². The number of morpholine rings is 1. The van der Waals surface area contributed by atoms with Gasteiger partial charge in [-0.15, -0.1) is 0 Å². The Morgan fingerprint density at radius 3 is 2.41 bits per heavy atom. The third kappa shape index (κ3) is 7.67. The van der Waals surface area contributed by atoms with E-state index >= 15 is 0 Å². The highest BCUT2D eigenvalue weighted by molar-refractivity contribution is 6.74. The average Bonchev–Trinajstić information content (AvgIpc) is 3.41. The molecule has 2 saturated heterocycles. The highest BCUT2D eigenvalue weighted by atomic mass is 28.4.